The first-order chi connectivity index (χ1) is 8.74. The smallest absolute Gasteiger partial charge is 0.236 e. The third kappa shape index (κ3) is 3.04. The molecule has 1 amide bonds. The number of carbonyl (C=O) groups is 1. The van der Waals surface area contributed by atoms with Gasteiger partial charge in [0.05, 0.1) is 6.54 Å². The Labute approximate surface area is 109 Å². The highest BCUT2D eigenvalue weighted by molar-refractivity contribution is 5.78. The minimum Gasteiger partial charge on any atom is -0.341 e. The zero-order valence-corrected chi connectivity index (χ0v) is 11.0. The molecule has 18 heavy (non-hydrogen) atoms. The topological polar surface area (TPSA) is 49.6 Å². The second-order valence-electron chi connectivity index (χ2n) is 5.32. The van der Waals surface area contributed by atoms with E-state index in [0.29, 0.717) is 12.0 Å². The van der Waals surface area contributed by atoms with Gasteiger partial charge in [0.1, 0.15) is 0 Å². The first-order valence-electron chi connectivity index (χ1n) is 6.92. The molecule has 2 saturated heterocycles. The lowest BCUT2D eigenvalue weighted by Gasteiger charge is -2.41. The summed E-state index contributed by atoms with van der Waals surface area (Å²) in [5, 5.41) is 0. The molecule has 2 N–H and O–H groups in total. The fourth-order valence-electron chi connectivity index (χ4n) is 3.08. The summed E-state index contributed by atoms with van der Waals surface area (Å²) < 4.78 is 0. The minimum atomic E-state index is 0.0774. The van der Waals surface area contributed by atoms with Gasteiger partial charge in [0.25, 0.3) is 0 Å². The van der Waals surface area contributed by atoms with E-state index in [1.807, 2.05) is 4.90 Å². The number of hydrogen-bond acceptors (Lipinski definition) is 3. The fraction of sp³-hybridized carbons (Fsp3) is 0.786. The van der Waals surface area contributed by atoms with Gasteiger partial charge in [-0.2, -0.15) is 0 Å². The highest BCUT2D eigenvalue weighted by Gasteiger charge is 2.29. The zero-order valence-electron chi connectivity index (χ0n) is 11.0. The Morgan fingerprint density at radius 1 is 1.28 bits per heavy atom. The Hall–Kier alpha value is -1.05. The molecule has 0 radical (unpaired) electrons. The second kappa shape index (κ2) is 6.21. The Morgan fingerprint density at radius 3 is 2.61 bits per heavy atom. The number of carbonyl (C=O) groups excluding carboxylic acids is 1. The van der Waals surface area contributed by atoms with E-state index in [1.165, 1.54) is 6.42 Å². The average molecular weight is 249 g/mol. The molecule has 4 heteroatoms. The molecule has 0 aromatic rings. The molecule has 0 saturated carbocycles. The zero-order chi connectivity index (χ0) is 13.0. The van der Waals surface area contributed by atoms with Gasteiger partial charge in [-0.05, 0) is 32.2 Å². The normalized spacial score (nSPS) is 26.9. The van der Waals surface area contributed by atoms with Crippen LogP contribution >= 0.6 is 0 Å². The molecular weight excluding hydrogens is 226 g/mol. The lowest BCUT2D eigenvalue weighted by molar-refractivity contribution is -0.131. The second-order valence-corrected chi connectivity index (χ2v) is 5.32. The maximum atomic E-state index is 11.5. The third-order valence-corrected chi connectivity index (χ3v) is 4.20. The maximum Gasteiger partial charge on any atom is 0.236 e. The van der Waals surface area contributed by atoms with E-state index in [1.54, 1.807) is 0 Å². The van der Waals surface area contributed by atoms with E-state index in [0.717, 1.165) is 45.4 Å². The van der Waals surface area contributed by atoms with Crippen LogP contribution in [0.4, 0.5) is 0 Å². The molecule has 2 aliphatic rings. The Morgan fingerprint density at radius 2 is 2.00 bits per heavy atom. The van der Waals surface area contributed by atoms with E-state index in [9.17, 15) is 4.79 Å². The number of amides is 1. The van der Waals surface area contributed by atoms with Crippen molar-refractivity contribution in [2.24, 2.45) is 11.7 Å². The van der Waals surface area contributed by atoms with Crippen LogP contribution < -0.4 is 5.73 Å². The first kappa shape index (κ1) is 13.4. The Balaban J connectivity index is 1.82. The standard InChI is InChI=1S/C14H23N3O/c1-2-12-4-3-7-17(11-12)13-5-8-16(9-6-13)14(18)10-15/h1,12-13H,3-11,15H2/t12-/m1/s1. The molecule has 0 unspecified atom stereocenters. The molecule has 0 aromatic carbocycles. The SMILES string of the molecule is C#C[C@@H]1CCCN(C2CCN(C(=O)CN)CC2)C1. The minimum absolute atomic E-state index is 0.0774. The fourth-order valence-corrected chi connectivity index (χ4v) is 3.08. The highest BCUT2D eigenvalue weighted by atomic mass is 16.2. The van der Waals surface area contributed by atoms with Crippen molar-refractivity contribution in [2.45, 2.75) is 31.7 Å². The van der Waals surface area contributed by atoms with Gasteiger partial charge in [-0.25, -0.2) is 0 Å². The van der Waals surface area contributed by atoms with Crippen molar-refractivity contribution in [3.63, 3.8) is 0 Å². The van der Waals surface area contributed by atoms with Crippen molar-refractivity contribution < 1.29 is 4.79 Å². The van der Waals surface area contributed by atoms with Gasteiger partial charge in [0, 0.05) is 31.6 Å². The predicted octanol–water partition coefficient (Wildman–Crippen LogP) is 0.281. The van der Waals surface area contributed by atoms with Crippen LogP contribution in [-0.2, 0) is 4.79 Å². The summed E-state index contributed by atoms with van der Waals surface area (Å²) in [6, 6.07) is 0.600. The molecule has 0 aromatic heterocycles. The molecule has 2 rings (SSSR count). The summed E-state index contributed by atoms with van der Waals surface area (Å²) in [6.07, 6.45) is 10.0. The van der Waals surface area contributed by atoms with Crippen LogP contribution in [0, 0.1) is 18.3 Å². The van der Waals surface area contributed by atoms with Gasteiger partial charge < -0.3 is 10.6 Å². The van der Waals surface area contributed by atoms with Gasteiger partial charge in [-0.15, -0.1) is 12.3 Å². The van der Waals surface area contributed by atoms with E-state index in [-0.39, 0.29) is 12.5 Å². The summed E-state index contributed by atoms with van der Waals surface area (Å²) >= 11 is 0. The van der Waals surface area contributed by atoms with E-state index >= 15 is 0 Å². The van der Waals surface area contributed by atoms with Crippen molar-refractivity contribution in [2.75, 3.05) is 32.7 Å². The van der Waals surface area contributed by atoms with Crippen molar-refractivity contribution in [1.29, 1.82) is 0 Å². The molecule has 2 heterocycles. The molecule has 0 aliphatic carbocycles. The molecule has 2 fully saturated rings. The summed E-state index contributed by atoms with van der Waals surface area (Å²) in [7, 11) is 0. The van der Waals surface area contributed by atoms with Gasteiger partial charge in [-0.3, -0.25) is 9.69 Å². The van der Waals surface area contributed by atoms with Gasteiger partial charge in [0.2, 0.25) is 5.91 Å². The number of nitrogens with zero attached hydrogens (tertiary/aromatic N) is 2. The quantitative estimate of drug-likeness (QED) is 0.715. The Bertz CT molecular complexity index is 328. The average Bonchev–Trinajstić information content (AvgIpc) is 2.46. The summed E-state index contributed by atoms with van der Waals surface area (Å²) in [4.78, 5) is 15.9. The van der Waals surface area contributed by atoms with Gasteiger partial charge in [-0.1, -0.05) is 0 Å². The molecule has 0 bridgehead atoms. The molecule has 0 spiro atoms. The number of likely N-dealkylation sites (tertiary alicyclic amines) is 2. The van der Waals surface area contributed by atoms with E-state index in [2.05, 4.69) is 10.8 Å². The monoisotopic (exact) mass is 249 g/mol. The van der Waals surface area contributed by atoms with E-state index in [4.69, 9.17) is 12.2 Å². The van der Waals surface area contributed by atoms with Crippen molar-refractivity contribution >= 4 is 5.91 Å². The molecule has 1 atom stereocenters. The van der Waals surface area contributed by atoms with Crippen LogP contribution in [0.25, 0.3) is 0 Å². The molecule has 4 nitrogen and oxygen atoms in total. The van der Waals surface area contributed by atoms with Crippen LogP contribution in [0.5, 0.6) is 0 Å². The summed E-state index contributed by atoms with van der Waals surface area (Å²) in [6.45, 7) is 4.02. The summed E-state index contributed by atoms with van der Waals surface area (Å²) in [5.41, 5.74) is 5.39. The van der Waals surface area contributed by atoms with Crippen molar-refractivity contribution in [1.82, 2.24) is 9.80 Å². The van der Waals surface area contributed by atoms with E-state index < -0.39 is 0 Å². The van der Waals surface area contributed by atoms with Crippen molar-refractivity contribution in [3.05, 3.63) is 0 Å². The number of rotatable bonds is 2. The summed E-state index contributed by atoms with van der Waals surface area (Å²) in [5.74, 6) is 3.38. The molecule has 2 aliphatic heterocycles. The van der Waals surface area contributed by atoms with Crippen LogP contribution in [0.15, 0.2) is 0 Å². The van der Waals surface area contributed by atoms with Crippen LogP contribution in [0.2, 0.25) is 0 Å². The van der Waals surface area contributed by atoms with Crippen LogP contribution in [0.1, 0.15) is 25.7 Å². The van der Waals surface area contributed by atoms with Gasteiger partial charge in [0.15, 0.2) is 0 Å². The third-order valence-electron chi connectivity index (χ3n) is 4.20. The van der Waals surface area contributed by atoms with Crippen LogP contribution in [-0.4, -0.2) is 54.5 Å². The van der Waals surface area contributed by atoms with Crippen molar-refractivity contribution in [3.8, 4) is 12.3 Å². The number of hydrogen-bond donors (Lipinski definition) is 1. The number of nitrogens with two attached hydrogens (primary N) is 1. The maximum absolute atomic E-state index is 11.5. The lowest BCUT2D eigenvalue weighted by atomic mass is 9.94. The predicted molar refractivity (Wildman–Crippen MR) is 71.8 cm³/mol. The largest absolute Gasteiger partial charge is 0.341 e. The number of terminal acetylenes is 1. The first-order valence-corrected chi connectivity index (χ1v) is 6.92. The van der Waals surface area contributed by atoms with Gasteiger partial charge >= 0.3 is 0 Å². The lowest BCUT2D eigenvalue weighted by Crippen LogP contribution is -2.50. The molecular formula is C14H23N3O. The highest BCUT2D eigenvalue weighted by Crippen LogP contribution is 2.23. The Kier molecular flexibility index (Phi) is 4.62. The number of piperidine rings is 2. The molecule has 100 valence electrons. The van der Waals surface area contributed by atoms with Crippen LogP contribution in [0.3, 0.4) is 0 Å².